The molecular formula is C19H24FN. The topological polar surface area (TPSA) is 12.0 Å². The molecular weight excluding hydrogens is 261 g/mol. The molecule has 2 aromatic rings. The Hall–Kier alpha value is -1.67. The third-order valence-corrected chi connectivity index (χ3v) is 4.04. The van der Waals surface area contributed by atoms with Crippen LogP contribution in [-0.2, 0) is 6.54 Å². The molecule has 0 saturated carbocycles. The molecule has 0 amide bonds. The summed E-state index contributed by atoms with van der Waals surface area (Å²) in [4.78, 5) is 0. The Bertz CT molecular complexity index is 575. The van der Waals surface area contributed by atoms with Gasteiger partial charge in [-0.2, -0.15) is 0 Å². The minimum atomic E-state index is -0.139. The fourth-order valence-corrected chi connectivity index (χ4v) is 2.37. The molecule has 1 unspecified atom stereocenters. The average Bonchev–Trinajstić information content (AvgIpc) is 2.53. The van der Waals surface area contributed by atoms with Crippen molar-refractivity contribution in [1.82, 2.24) is 5.32 Å². The molecule has 0 radical (unpaired) electrons. The first-order chi connectivity index (χ1) is 10.2. The molecule has 112 valence electrons. The summed E-state index contributed by atoms with van der Waals surface area (Å²) in [7, 11) is 0. The van der Waals surface area contributed by atoms with Gasteiger partial charge in [-0.1, -0.05) is 57.2 Å². The number of benzene rings is 2. The van der Waals surface area contributed by atoms with Gasteiger partial charge in [0.15, 0.2) is 0 Å². The normalized spacial score (nSPS) is 12.4. The van der Waals surface area contributed by atoms with Crippen molar-refractivity contribution in [2.45, 2.75) is 39.7 Å². The van der Waals surface area contributed by atoms with Gasteiger partial charge in [-0.05, 0) is 41.6 Å². The molecule has 0 fully saturated rings. The second-order valence-corrected chi connectivity index (χ2v) is 5.52. The van der Waals surface area contributed by atoms with Gasteiger partial charge in [-0.25, -0.2) is 4.39 Å². The summed E-state index contributed by atoms with van der Waals surface area (Å²) in [5.41, 5.74) is 4.06. The quantitative estimate of drug-likeness (QED) is 0.777. The lowest BCUT2D eigenvalue weighted by Crippen LogP contribution is -2.12. The molecule has 1 atom stereocenters. The molecule has 2 aromatic carbocycles. The van der Waals surface area contributed by atoms with Crippen molar-refractivity contribution < 1.29 is 4.39 Å². The van der Waals surface area contributed by atoms with Gasteiger partial charge >= 0.3 is 0 Å². The molecule has 1 nitrogen and oxygen atoms in total. The maximum Gasteiger partial charge on any atom is 0.128 e. The lowest BCUT2D eigenvalue weighted by atomic mass is 9.95. The molecule has 21 heavy (non-hydrogen) atoms. The SMILES string of the molecule is CCNCc1ccc(-c2ccc(C(C)CC)cc2)cc1F. The zero-order valence-corrected chi connectivity index (χ0v) is 13.1. The first kappa shape index (κ1) is 15.7. The molecule has 0 aromatic heterocycles. The van der Waals surface area contributed by atoms with E-state index in [9.17, 15) is 4.39 Å². The van der Waals surface area contributed by atoms with E-state index in [2.05, 4.69) is 43.4 Å². The summed E-state index contributed by atoms with van der Waals surface area (Å²) in [6, 6.07) is 14.0. The summed E-state index contributed by atoms with van der Waals surface area (Å²) in [6.07, 6.45) is 1.13. The molecule has 0 saturated heterocycles. The van der Waals surface area contributed by atoms with Crippen molar-refractivity contribution in [3.63, 3.8) is 0 Å². The van der Waals surface area contributed by atoms with E-state index in [4.69, 9.17) is 0 Å². The van der Waals surface area contributed by atoms with Gasteiger partial charge < -0.3 is 5.32 Å². The number of nitrogens with one attached hydrogen (secondary N) is 1. The molecule has 2 heteroatoms. The minimum absolute atomic E-state index is 0.139. The molecule has 0 aliphatic heterocycles. The van der Waals surface area contributed by atoms with E-state index < -0.39 is 0 Å². The van der Waals surface area contributed by atoms with E-state index >= 15 is 0 Å². The van der Waals surface area contributed by atoms with Crippen LogP contribution >= 0.6 is 0 Å². The number of hydrogen-bond acceptors (Lipinski definition) is 1. The van der Waals surface area contributed by atoms with Crippen LogP contribution in [0.4, 0.5) is 4.39 Å². The maximum absolute atomic E-state index is 14.1. The lowest BCUT2D eigenvalue weighted by Gasteiger charge is -2.11. The number of rotatable bonds is 6. The minimum Gasteiger partial charge on any atom is -0.313 e. The molecule has 2 rings (SSSR count). The summed E-state index contributed by atoms with van der Waals surface area (Å²) < 4.78 is 14.1. The van der Waals surface area contributed by atoms with Gasteiger partial charge in [0, 0.05) is 12.1 Å². The molecule has 0 aliphatic rings. The van der Waals surface area contributed by atoms with Crippen LogP contribution < -0.4 is 5.32 Å². The summed E-state index contributed by atoms with van der Waals surface area (Å²) in [5, 5.41) is 3.15. The van der Waals surface area contributed by atoms with E-state index in [1.165, 1.54) is 5.56 Å². The van der Waals surface area contributed by atoms with Crippen LogP contribution in [0, 0.1) is 5.82 Å². The second kappa shape index (κ2) is 7.37. The van der Waals surface area contributed by atoms with E-state index in [0.717, 1.165) is 29.7 Å². The van der Waals surface area contributed by atoms with Gasteiger partial charge in [0.05, 0.1) is 0 Å². The average molecular weight is 285 g/mol. The highest BCUT2D eigenvalue weighted by Gasteiger charge is 2.06. The summed E-state index contributed by atoms with van der Waals surface area (Å²) in [5.74, 6) is 0.428. The Morgan fingerprint density at radius 2 is 1.67 bits per heavy atom. The Morgan fingerprint density at radius 3 is 2.24 bits per heavy atom. The third kappa shape index (κ3) is 3.92. The zero-order valence-electron chi connectivity index (χ0n) is 13.1. The third-order valence-electron chi connectivity index (χ3n) is 4.04. The van der Waals surface area contributed by atoms with Gasteiger partial charge in [0.25, 0.3) is 0 Å². The monoisotopic (exact) mass is 285 g/mol. The van der Waals surface area contributed by atoms with E-state index in [1.807, 2.05) is 19.1 Å². The van der Waals surface area contributed by atoms with Crippen molar-refractivity contribution >= 4 is 0 Å². The van der Waals surface area contributed by atoms with Crippen LogP contribution in [0.1, 0.15) is 44.2 Å². The highest BCUT2D eigenvalue weighted by Crippen LogP contribution is 2.25. The van der Waals surface area contributed by atoms with Crippen molar-refractivity contribution in [2.75, 3.05) is 6.54 Å². The Kier molecular flexibility index (Phi) is 5.51. The first-order valence-electron chi connectivity index (χ1n) is 7.75. The predicted molar refractivity (Wildman–Crippen MR) is 87.9 cm³/mol. The van der Waals surface area contributed by atoms with Crippen LogP contribution in [0.25, 0.3) is 11.1 Å². The lowest BCUT2D eigenvalue weighted by molar-refractivity contribution is 0.594. The van der Waals surface area contributed by atoms with Crippen LogP contribution in [-0.4, -0.2) is 6.54 Å². The molecule has 1 N–H and O–H groups in total. The van der Waals surface area contributed by atoms with Gasteiger partial charge in [0.1, 0.15) is 5.82 Å². The molecule has 0 spiro atoms. The fraction of sp³-hybridized carbons (Fsp3) is 0.368. The van der Waals surface area contributed by atoms with Crippen LogP contribution in [0.5, 0.6) is 0 Å². The Balaban J connectivity index is 2.20. The Labute approximate surface area is 127 Å². The van der Waals surface area contributed by atoms with E-state index in [-0.39, 0.29) is 5.82 Å². The smallest absolute Gasteiger partial charge is 0.128 e. The largest absolute Gasteiger partial charge is 0.313 e. The predicted octanol–water partition coefficient (Wildman–Crippen LogP) is 5.12. The van der Waals surface area contributed by atoms with Crippen molar-refractivity contribution in [3.8, 4) is 11.1 Å². The Morgan fingerprint density at radius 1 is 1.00 bits per heavy atom. The van der Waals surface area contributed by atoms with Crippen LogP contribution in [0.2, 0.25) is 0 Å². The maximum atomic E-state index is 14.1. The summed E-state index contributed by atoms with van der Waals surface area (Å²) in [6.45, 7) is 7.86. The van der Waals surface area contributed by atoms with Crippen molar-refractivity contribution in [1.29, 1.82) is 0 Å². The van der Waals surface area contributed by atoms with Gasteiger partial charge in [-0.15, -0.1) is 0 Å². The van der Waals surface area contributed by atoms with E-state index in [0.29, 0.717) is 12.5 Å². The second-order valence-electron chi connectivity index (χ2n) is 5.52. The van der Waals surface area contributed by atoms with Gasteiger partial charge in [-0.3, -0.25) is 0 Å². The highest BCUT2D eigenvalue weighted by atomic mass is 19.1. The summed E-state index contributed by atoms with van der Waals surface area (Å²) >= 11 is 0. The number of hydrogen-bond donors (Lipinski definition) is 1. The van der Waals surface area contributed by atoms with Gasteiger partial charge in [0.2, 0.25) is 0 Å². The standard InChI is InChI=1S/C19H24FN/c1-4-14(3)15-6-8-16(9-7-15)17-10-11-18(13-21-5-2)19(20)12-17/h6-12,14,21H,4-5,13H2,1-3H3. The zero-order chi connectivity index (χ0) is 15.2. The van der Waals surface area contributed by atoms with E-state index in [1.54, 1.807) is 6.07 Å². The van der Waals surface area contributed by atoms with Crippen molar-refractivity contribution in [3.05, 3.63) is 59.4 Å². The van der Waals surface area contributed by atoms with Crippen LogP contribution in [0.15, 0.2) is 42.5 Å². The molecule has 0 heterocycles. The van der Waals surface area contributed by atoms with Crippen LogP contribution in [0.3, 0.4) is 0 Å². The highest BCUT2D eigenvalue weighted by molar-refractivity contribution is 5.64. The van der Waals surface area contributed by atoms with Crippen molar-refractivity contribution in [2.24, 2.45) is 0 Å². The first-order valence-corrected chi connectivity index (χ1v) is 7.75. The fourth-order valence-electron chi connectivity index (χ4n) is 2.37. The number of halogens is 1. The molecule has 0 bridgehead atoms. The molecule has 0 aliphatic carbocycles.